The van der Waals surface area contributed by atoms with E-state index in [1.54, 1.807) is 0 Å². The lowest BCUT2D eigenvalue weighted by atomic mass is 9.67. The number of hydrogen-bond donors (Lipinski definition) is 2. The van der Waals surface area contributed by atoms with E-state index in [-0.39, 0.29) is 18.3 Å². The van der Waals surface area contributed by atoms with Crippen molar-refractivity contribution in [3.63, 3.8) is 0 Å². The van der Waals surface area contributed by atoms with Gasteiger partial charge in [0.2, 0.25) is 5.91 Å². The van der Waals surface area contributed by atoms with Crippen LogP contribution < -0.4 is 11.1 Å². The van der Waals surface area contributed by atoms with Gasteiger partial charge < -0.3 is 11.1 Å². The molecule has 4 heteroatoms. The number of hydrogen-bond acceptors (Lipinski definition) is 2. The van der Waals surface area contributed by atoms with Crippen LogP contribution >= 0.6 is 12.4 Å². The molecule has 0 spiro atoms. The fraction of sp³-hybridized carbons (Fsp3) is 0.533. The smallest absolute Gasteiger partial charge is 0.224 e. The van der Waals surface area contributed by atoms with Crippen LogP contribution in [0.2, 0.25) is 0 Å². The minimum atomic E-state index is 0. The quantitative estimate of drug-likeness (QED) is 0.816. The lowest BCUT2D eigenvalue weighted by Crippen LogP contribution is -2.42. The molecule has 19 heavy (non-hydrogen) atoms. The Kier molecular flexibility index (Phi) is 5.67. The predicted octanol–water partition coefficient (Wildman–Crippen LogP) is 2.93. The van der Waals surface area contributed by atoms with Crippen molar-refractivity contribution in [2.24, 2.45) is 5.41 Å². The number of amides is 1. The number of halogens is 1. The van der Waals surface area contributed by atoms with E-state index >= 15 is 0 Å². The number of nitrogens with two attached hydrogens (primary N) is 1. The van der Waals surface area contributed by atoms with Crippen molar-refractivity contribution in [2.45, 2.75) is 39.0 Å². The normalized spacial score (nSPS) is 16.1. The second-order valence-electron chi connectivity index (χ2n) is 5.40. The minimum Gasteiger partial charge on any atom is -0.399 e. The number of anilines is 1. The maximum atomic E-state index is 11.9. The van der Waals surface area contributed by atoms with Crippen LogP contribution in [0.5, 0.6) is 0 Å². The highest BCUT2D eigenvalue weighted by molar-refractivity contribution is 5.85. The molecule has 1 saturated carbocycles. The van der Waals surface area contributed by atoms with Crippen molar-refractivity contribution in [3.05, 3.63) is 29.8 Å². The van der Waals surface area contributed by atoms with E-state index in [1.807, 2.05) is 24.3 Å². The first-order valence-electron chi connectivity index (χ1n) is 6.75. The molecular formula is C15H23ClN2O. The molecule has 1 aliphatic rings. The molecule has 3 nitrogen and oxygen atoms in total. The monoisotopic (exact) mass is 282 g/mol. The van der Waals surface area contributed by atoms with E-state index in [0.717, 1.165) is 24.2 Å². The second kappa shape index (κ2) is 6.80. The first kappa shape index (κ1) is 15.8. The fourth-order valence-electron chi connectivity index (χ4n) is 2.50. The van der Waals surface area contributed by atoms with Gasteiger partial charge in [-0.1, -0.05) is 25.5 Å². The first-order valence-corrected chi connectivity index (χ1v) is 6.75. The van der Waals surface area contributed by atoms with Gasteiger partial charge in [0.1, 0.15) is 0 Å². The topological polar surface area (TPSA) is 55.1 Å². The van der Waals surface area contributed by atoms with E-state index < -0.39 is 0 Å². The van der Waals surface area contributed by atoms with Crippen molar-refractivity contribution in [1.29, 1.82) is 0 Å². The third-order valence-electron chi connectivity index (χ3n) is 4.17. The van der Waals surface area contributed by atoms with Gasteiger partial charge >= 0.3 is 0 Å². The second-order valence-corrected chi connectivity index (χ2v) is 5.40. The molecular weight excluding hydrogens is 260 g/mol. The van der Waals surface area contributed by atoms with Crippen molar-refractivity contribution in [3.8, 4) is 0 Å². The minimum absolute atomic E-state index is 0. The van der Waals surface area contributed by atoms with Gasteiger partial charge in [-0.05, 0) is 42.4 Å². The molecule has 1 aromatic carbocycles. The summed E-state index contributed by atoms with van der Waals surface area (Å²) < 4.78 is 0. The zero-order chi connectivity index (χ0) is 13.0. The van der Waals surface area contributed by atoms with E-state index in [9.17, 15) is 4.79 Å². The zero-order valence-electron chi connectivity index (χ0n) is 11.4. The van der Waals surface area contributed by atoms with Gasteiger partial charge in [0.05, 0.1) is 6.42 Å². The summed E-state index contributed by atoms with van der Waals surface area (Å²) in [7, 11) is 0. The maximum absolute atomic E-state index is 11.9. The summed E-state index contributed by atoms with van der Waals surface area (Å²) in [5.74, 6) is 0.111. The van der Waals surface area contributed by atoms with Crippen LogP contribution in [0.3, 0.4) is 0 Å². The SMILES string of the molecule is CCC1(CNC(=O)Cc2ccc(N)cc2)CCC1.Cl. The molecule has 0 saturated heterocycles. The maximum Gasteiger partial charge on any atom is 0.224 e. The Hall–Kier alpha value is -1.22. The molecule has 0 atom stereocenters. The zero-order valence-corrected chi connectivity index (χ0v) is 12.3. The summed E-state index contributed by atoms with van der Waals surface area (Å²) >= 11 is 0. The summed E-state index contributed by atoms with van der Waals surface area (Å²) in [5, 5.41) is 3.07. The molecule has 0 bridgehead atoms. The van der Waals surface area contributed by atoms with Crippen molar-refractivity contribution < 1.29 is 4.79 Å². The average Bonchev–Trinajstić information content (AvgIpc) is 2.31. The van der Waals surface area contributed by atoms with Crippen LogP contribution in [0.15, 0.2) is 24.3 Å². The number of nitrogens with one attached hydrogen (secondary N) is 1. The Morgan fingerprint density at radius 1 is 1.32 bits per heavy atom. The van der Waals surface area contributed by atoms with Crippen LogP contribution in [0.4, 0.5) is 5.69 Å². The molecule has 0 aliphatic heterocycles. The van der Waals surface area contributed by atoms with Crippen LogP contribution in [-0.4, -0.2) is 12.5 Å². The predicted molar refractivity (Wildman–Crippen MR) is 81.4 cm³/mol. The molecule has 0 radical (unpaired) electrons. The van der Waals surface area contributed by atoms with Crippen molar-refractivity contribution in [1.82, 2.24) is 5.32 Å². The average molecular weight is 283 g/mol. The Labute approximate surface area is 121 Å². The van der Waals surface area contributed by atoms with Crippen LogP contribution in [-0.2, 0) is 11.2 Å². The van der Waals surface area contributed by atoms with Gasteiger partial charge in [-0.15, -0.1) is 12.4 Å². The highest BCUT2D eigenvalue weighted by atomic mass is 35.5. The molecule has 1 aliphatic carbocycles. The number of carbonyl (C=O) groups excluding carboxylic acids is 1. The van der Waals surface area contributed by atoms with Crippen LogP contribution in [0, 0.1) is 5.41 Å². The van der Waals surface area contributed by atoms with E-state index in [1.165, 1.54) is 19.3 Å². The molecule has 0 unspecified atom stereocenters. The number of nitrogen functional groups attached to an aromatic ring is 1. The van der Waals surface area contributed by atoms with Gasteiger partial charge in [-0.3, -0.25) is 4.79 Å². The van der Waals surface area contributed by atoms with Gasteiger partial charge in [0.15, 0.2) is 0 Å². The number of carbonyl (C=O) groups is 1. The summed E-state index contributed by atoms with van der Waals surface area (Å²) in [4.78, 5) is 11.9. The van der Waals surface area contributed by atoms with E-state index in [2.05, 4.69) is 12.2 Å². The van der Waals surface area contributed by atoms with Gasteiger partial charge in [-0.25, -0.2) is 0 Å². The summed E-state index contributed by atoms with van der Waals surface area (Å²) in [6.45, 7) is 3.04. The van der Waals surface area contributed by atoms with Gasteiger partial charge in [0, 0.05) is 12.2 Å². The molecule has 106 valence electrons. The standard InChI is InChI=1S/C15H22N2O.ClH/c1-2-15(8-3-9-15)11-17-14(18)10-12-4-6-13(16)7-5-12;/h4-7H,2-3,8-11,16H2,1H3,(H,17,18);1H. The Balaban J connectivity index is 0.00000180. The lowest BCUT2D eigenvalue weighted by Gasteiger charge is -2.41. The number of rotatable bonds is 5. The molecule has 1 amide bonds. The molecule has 0 heterocycles. The number of benzene rings is 1. The highest BCUT2D eigenvalue weighted by Crippen LogP contribution is 2.42. The third kappa shape index (κ3) is 4.13. The molecule has 2 rings (SSSR count). The first-order chi connectivity index (χ1) is 8.63. The Bertz CT molecular complexity index is 407. The van der Waals surface area contributed by atoms with Gasteiger partial charge in [-0.2, -0.15) is 0 Å². The summed E-state index contributed by atoms with van der Waals surface area (Å²) in [6.07, 6.45) is 5.42. The van der Waals surface area contributed by atoms with Gasteiger partial charge in [0.25, 0.3) is 0 Å². The summed E-state index contributed by atoms with van der Waals surface area (Å²) in [6, 6.07) is 7.49. The Morgan fingerprint density at radius 3 is 2.42 bits per heavy atom. The fourth-order valence-corrected chi connectivity index (χ4v) is 2.50. The highest BCUT2D eigenvalue weighted by Gasteiger charge is 2.35. The molecule has 1 fully saturated rings. The van der Waals surface area contributed by atoms with E-state index in [0.29, 0.717) is 11.8 Å². The summed E-state index contributed by atoms with van der Waals surface area (Å²) in [5.41, 5.74) is 7.75. The van der Waals surface area contributed by atoms with E-state index in [4.69, 9.17) is 5.73 Å². The van der Waals surface area contributed by atoms with Crippen molar-refractivity contribution in [2.75, 3.05) is 12.3 Å². The van der Waals surface area contributed by atoms with Crippen LogP contribution in [0.25, 0.3) is 0 Å². The molecule has 1 aromatic rings. The molecule has 0 aromatic heterocycles. The largest absolute Gasteiger partial charge is 0.399 e. The Morgan fingerprint density at radius 2 is 1.95 bits per heavy atom. The molecule has 3 N–H and O–H groups in total. The van der Waals surface area contributed by atoms with Crippen LogP contribution in [0.1, 0.15) is 38.2 Å². The van der Waals surface area contributed by atoms with Crippen molar-refractivity contribution >= 4 is 24.0 Å². The lowest BCUT2D eigenvalue weighted by molar-refractivity contribution is -0.121. The third-order valence-corrected chi connectivity index (χ3v) is 4.17.